The molecule has 0 aromatic rings. The second-order valence-corrected chi connectivity index (χ2v) is 5.43. The number of ether oxygens (including phenoxy) is 1. The summed E-state index contributed by atoms with van der Waals surface area (Å²) in [5, 5.41) is 3.38. The summed E-state index contributed by atoms with van der Waals surface area (Å²) in [6.45, 7) is 6.92. The second-order valence-electron chi connectivity index (χ2n) is 5.43. The van der Waals surface area contributed by atoms with Crippen LogP contribution in [0.25, 0.3) is 0 Å². The van der Waals surface area contributed by atoms with Gasteiger partial charge in [-0.2, -0.15) is 0 Å². The molecule has 2 aliphatic heterocycles. The summed E-state index contributed by atoms with van der Waals surface area (Å²) in [5.74, 6) is 0. The van der Waals surface area contributed by atoms with Crippen LogP contribution in [-0.2, 0) is 4.74 Å². The van der Waals surface area contributed by atoms with Gasteiger partial charge in [-0.15, -0.1) is 0 Å². The molecule has 0 atom stereocenters. The maximum absolute atomic E-state index is 5.98. The van der Waals surface area contributed by atoms with E-state index in [0.29, 0.717) is 6.10 Å². The van der Waals surface area contributed by atoms with Crippen molar-refractivity contribution in [2.45, 2.75) is 51.0 Å². The summed E-state index contributed by atoms with van der Waals surface area (Å²) in [6.07, 6.45) is 9.96. The van der Waals surface area contributed by atoms with Crippen LogP contribution < -0.4 is 5.32 Å². The molecule has 17 heavy (non-hydrogen) atoms. The zero-order valence-electron chi connectivity index (χ0n) is 11.1. The van der Waals surface area contributed by atoms with Crippen molar-refractivity contribution in [1.29, 1.82) is 0 Å². The van der Waals surface area contributed by atoms with E-state index >= 15 is 0 Å². The van der Waals surface area contributed by atoms with E-state index in [1.807, 2.05) is 0 Å². The third-order valence-corrected chi connectivity index (χ3v) is 4.00. The monoisotopic (exact) mass is 240 g/mol. The molecule has 0 radical (unpaired) electrons. The predicted octanol–water partition coefficient (Wildman–Crippen LogP) is 2.02. The first-order chi connectivity index (χ1) is 8.45. The summed E-state index contributed by atoms with van der Waals surface area (Å²) < 4.78 is 5.98. The molecule has 100 valence electrons. The second kappa shape index (κ2) is 8.06. The molecule has 0 amide bonds. The summed E-state index contributed by atoms with van der Waals surface area (Å²) in [5.41, 5.74) is 0. The number of rotatable bonds is 4. The van der Waals surface area contributed by atoms with Gasteiger partial charge in [0.25, 0.3) is 0 Å². The van der Waals surface area contributed by atoms with Gasteiger partial charge < -0.3 is 15.0 Å². The minimum Gasteiger partial charge on any atom is -0.377 e. The Morgan fingerprint density at radius 2 is 1.59 bits per heavy atom. The molecular formula is C14H28N2O. The van der Waals surface area contributed by atoms with Gasteiger partial charge in [-0.25, -0.2) is 0 Å². The summed E-state index contributed by atoms with van der Waals surface area (Å²) in [4.78, 5) is 2.60. The fraction of sp³-hybridized carbons (Fsp3) is 1.00. The number of piperidine rings is 1. The van der Waals surface area contributed by atoms with E-state index in [2.05, 4.69) is 10.2 Å². The van der Waals surface area contributed by atoms with Gasteiger partial charge in [0.2, 0.25) is 0 Å². The van der Waals surface area contributed by atoms with Gasteiger partial charge in [-0.05, 0) is 51.9 Å². The van der Waals surface area contributed by atoms with Crippen molar-refractivity contribution >= 4 is 0 Å². The first-order valence-corrected chi connectivity index (χ1v) is 7.50. The fourth-order valence-electron chi connectivity index (χ4n) is 2.85. The summed E-state index contributed by atoms with van der Waals surface area (Å²) >= 11 is 0. The van der Waals surface area contributed by atoms with E-state index in [0.717, 1.165) is 26.2 Å². The third kappa shape index (κ3) is 5.36. The number of nitrogens with one attached hydrogen (secondary N) is 1. The quantitative estimate of drug-likeness (QED) is 0.813. The van der Waals surface area contributed by atoms with Gasteiger partial charge in [-0.1, -0.05) is 19.3 Å². The minimum atomic E-state index is 0.519. The Morgan fingerprint density at radius 3 is 2.29 bits per heavy atom. The van der Waals surface area contributed by atoms with Crippen LogP contribution in [-0.4, -0.2) is 50.3 Å². The maximum Gasteiger partial charge on any atom is 0.0600 e. The van der Waals surface area contributed by atoms with Gasteiger partial charge in [0.05, 0.1) is 12.7 Å². The van der Waals surface area contributed by atoms with Crippen LogP contribution in [0.3, 0.4) is 0 Å². The molecule has 0 saturated carbocycles. The van der Waals surface area contributed by atoms with Crippen LogP contribution >= 0.6 is 0 Å². The van der Waals surface area contributed by atoms with Crippen LogP contribution in [0, 0.1) is 0 Å². The molecular weight excluding hydrogens is 212 g/mol. The summed E-state index contributed by atoms with van der Waals surface area (Å²) in [6, 6.07) is 0. The zero-order valence-corrected chi connectivity index (χ0v) is 11.1. The average Bonchev–Trinajstić information content (AvgIpc) is 2.33. The molecule has 0 aromatic carbocycles. The highest BCUT2D eigenvalue weighted by Crippen LogP contribution is 2.11. The van der Waals surface area contributed by atoms with Crippen LogP contribution in [0.15, 0.2) is 0 Å². The van der Waals surface area contributed by atoms with Crippen molar-refractivity contribution in [3.63, 3.8) is 0 Å². The third-order valence-electron chi connectivity index (χ3n) is 4.00. The van der Waals surface area contributed by atoms with E-state index in [9.17, 15) is 0 Å². The lowest BCUT2D eigenvalue weighted by molar-refractivity contribution is 0.0192. The van der Waals surface area contributed by atoms with Gasteiger partial charge in [0, 0.05) is 6.54 Å². The lowest BCUT2D eigenvalue weighted by Gasteiger charge is -2.27. The van der Waals surface area contributed by atoms with Crippen LogP contribution in [0.4, 0.5) is 0 Å². The normalized spacial score (nSPS) is 25.4. The van der Waals surface area contributed by atoms with Gasteiger partial charge in [-0.3, -0.25) is 0 Å². The van der Waals surface area contributed by atoms with Gasteiger partial charge >= 0.3 is 0 Å². The predicted molar refractivity (Wildman–Crippen MR) is 71.4 cm³/mol. The molecule has 1 N–H and O–H groups in total. The largest absolute Gasteiger partial charge is 0.377 e. The zero-order chi connectivity index (χ0) is 11.8. The standard InChI is InChI=1S/C14H28N2O/c1-2-4-10-16(11-5-3-1)12-13-17-14-6-8-15-9-7-14/h14-15H,1-13H2. The topological polar surface area (TPSA) is 24.5 Å². The lowest BCUT2D eigenvalue weighted by Crippen LogP contribution is -2.35. The Bertz CT molecular complexity index is 185. The summed E-state index contributed by atoms with van der Waals surface area (Å²) in [7, 11) is 0. The SMILES string of the molecule is C1CCCN(CCOC2CCNCC2)CCC1. The van der Waals surface area contributed by atoms with Gasteiger partial charge in [0.1, 0.15) is 0 Å². The number of likely N-dealkylation sites (tertiary alicyclic amines) is 1. The molecule has 2 aliphatic rings. The number of hydrogen-bond donors (Lipinski definition) is 1. The van der Waals surface area contributed by atoms with Gasteiger partial charge in [0.15, 0.2) is 0 Å². The van der Waals surface area contributed by atoms with Crippen LogP contribution in [0.5, 0.6) is 0 Å². The first-order valence-electron chi connectivity index (χ1n) is 7.50. The van der Waals surface area contributed by atoms with Crippen molar-refractivity contribution in [1.82, 2.24) is 10.2 Å². The molecule has 3 nitrogen and oxygen atoms in total. The lowest BCUT2D eigenvalue weighted by atomic mass is 10.1. The van der Waals surface area contributed by atoms with Crippen molar-refractivity contribution in [2.24, 2.45) is 0 Å². The van der Waals surface area contributed by atoms with E-state index in [1.165, 1.54) is 58.0 Å². The van der Waals surface area contributed by atoms with Crippen LogP contribution in [0.1, 0.15) is 44.9 Å². The minimum absolute atomic E-state index is 0.519. The Morgan fingerprint density at radius 1 is 0.941 bits per heavy atom. The van der Waals surface area contributed by atoms with Crippen molar-refractivity contribution in [3.05, 3.63) is 0 Å². The average molecular weight is 240 g/mol. The molecule has 0 spiro atoms. The molecule has 2 heterocycles. The van der Waals surface area contributed by atoms with E-state index < -0.39 is 0 Å². The molecule has 0 aliphatic carbocycles. The Hall–Kier alpha value is -0.120. The van der Waals surface area contributed by atoms with Crippen molar-refractivity contribution in [3.8, 4) is 0 Å². The molecule has 3 heteroatoms. The van der Waals surface area contributed by atoms with Crippen molar-refractivity contribution < 1.29 is 4.74 Å². The highest BCUT2D eigenvalue weighted by molar-refractivity contribution is 4.69. The molecule has 0 unspecified atom stereocenters. The molecule has 0 bridgehead atoms. The van der Waals surface area contributed by atoms with E-state index in [4.69, 9.17) is 4.74 Å². The highest BCUT2D eigenvalue weighted by Gasteiger charge is 2.14. The fourth-order valence-corrected chi connectivity index (χ4v) is 2.85. The van der Waals surface area contributed by atoms with E-state index in [-0.39, 0.29) is 0 Å². The van der Waals surface area contributed by atoms with E-state index in [1.54, 1.807) is 0 Å². The molecule has 2 saturated heterocycles. The first kappa shape index (κ1) is 13.3. The Labute approximate surface area is 106 Å². The van der Waals surface area contributed by atoms with Crippen LogP contribution in [0.2, 0.25) is 0 Å². The Kier molecular flexibility index (Phi) is 6.32. The molecule has 2 fully saturated rings. The Balaban J connectivity index is 1.56. The highest BCUT2D eigenvalue weighted by atomic mass is 16.5. The maximum atomic E-state index is 5.98. The molecule has 0 aromatic heterocycles. The van der Waals surface area contributed by atoms with Crippen molar-refractivity contribution in [2.75, 3.05) is 39.3 Å². The number of nitrogens with zero attached hydrogens (tertiary/aromatic N) is 1. The number of hydrogen-bond acceptors (Lipinski definition) is 3. The molecule has 2 rings (SSSR count). The smallest absolute Gasteiger partial charge is 0.0600 e.